The van der Waals surface area contributed by atoms with E-state index in [4.69, 9.17) is 5.26 Å². The van der Waals surface area contributed by atoms with Crippen molar-refractivity contribution in [3.63, 3.8) is 0 Å². The van der Waals surface area contributed by atoms with Gasteiger partial charge in [-0.2, -0.15) is 14.0 Å². The number of nitriles is 1. The van der Waals surface area contributed by atoms with Crippen molar-refractivity contribution in [2.75, 3.05) is 20.1 Å². The lowest BCUT2D eigenvalue weighted by Gasteiger charge is -2.23. The van der Waals surface area contributed by atoms with E-state index in [1.165, 1.54) is 43.1 Å². The molecule has 1 saturated heterocycles. The minimum Gasteiger partial charge on any atom is -0.435 e. The highest BCUT2D eigenvalue weighted by molar-refractivity contribution is 6.09. The molecule has 1 aromatic carbocycles. The quantitative estimate of drug-likeness (QED) is 0.721. The van der Waals surface area contributed by atoms with Crippen molar-refractivity contribution in [1.82, 2.24) is 15.1 Å². The van der Waals surface area contributed by atoms with Gasteiger partial charge in [-0.15, -0.1) is 0 Å². The fraction of sp³-hybridized carbons (Fsp3) is 0.412. The lowest BCUT2D eigenvalue weighted by Crippen LogP contribution is -2.43. The van der Waals surface area contributed by atoms with Gasteiger partial charge >= 0.3 is 12.6 Å². The van der Waals surface area contributed by atoms with Crippen LogP contribution in [0.4, 0.5) is 13.6 Å². The molecule has 8 nitrogen and oxygen atoms in total. The van der Waals surface area contributed by atoms with E-state index in [2.05, 4.69) is 10.1 Å². The third-order valence-electron chi connectivity index (χ3n) is 4.21. The number of hydrogen-bond donors (Lipinski definition) is 1. The van der Waals surface area contributed by atoms with Gasteiger partial charge in [0.05, 0.1) is 12.5 Å². The molecule has 144 valence electrons. The topological polar surface area (TPSA) is 103 Å². The Labute approximate surface area is 154 Å². The zero-order valence-corrected chi connectivity index (χ0v) is 14.7. The van der Waals surface area contributed by atoms with E-state index in [0.717, 1.165) is 4.90 Å². The summed E-state index contributed by atoms with van der Waals surface area (Å²) in [6.45, 7) is -1.80. The second-order valence-electron chi connectivity index (χ2n) is 6.07. The Morgan fingerprint density at radius 2 is 2.00 bits per heavy atom. The van der Waals surface area contributed by atoms with Gasteiger partial charge in [0.2, 0.25) is 5.91 Å². The molecular weight excluding hydrogens is 362 g/mol. The number of halogens is 2. The van der Waals surface area contributed by atoms with Crippen LogP contribution < -0.4 is 10.1 Å². The molecule has 0 aromatic heterocycles. The first kappa shape index (κ1) is 20.1. The van der Waals surface area contributed by atoms with Gasteiger partial charge in [0.1, 0.15) is 17.8 Å². The molecule has 27 heavy (non-hydrogen) atoms. The maximum absolute atomic E-state index is 12.7. The highest BCUT2D eigenvalue weighted by Gasteiger charge is 2.49. The molecule has 1 unspecified atom stereocenters. The van der Waals surface area contributed by atoms with E-state index >= 15 is 0 Å². The first-order valence-corrected chi connectivity index (χ1v) is 7.99. The molecule has 0 spiro atoms. The van der Waals surface area contributed by atoms with Crippen LogP contribution >= 0.6 is 0 Å². The van der Waals surface area contributed by atoms with Crippen LogP contribution in [0.3, 0.4) is 0 Å². The Balaban J connectivity index is 2.14. The van der Waals surface area contributed by atoms with Crippen molar-refractivity contribution >= 4 is 17.8 Å². The van der Waals surface area contributed by atoms with Crippen LogP contribution in [0.5, 0.6) is 5.75 Å². The standard InChI is InChI=1S/C17H18F2N4O4/c1-17(11-4-6-12(7-5-11)27-15(18)19)14(25)23(16(26)21-17)10-13(24)22(2)9-3-8-20/h4-7,15H,3,9-10H2,1-2H3,(H,21,26). The van der Waals surface area contributed by atoms with Gasteiger partial charge in [-0.05, 0) is 24.6 Å². The molecule has 1 heterocycles. The average molecular weight is 380 g/mol. The molecule has 1 aromatic rings. The van der Waals surface area contributed by atoms with Gasteiger partial charge < -0.3 is 15.0 Å². The summed E-state index contributed by atoms with van der Waals surface area (Å²) in [5, 5.41) is 11.1. The Kier molecular flexibility index (Phi) is 5.95. The molecule has 4 amide bonds. The first-order chi connectivity index (χ1) is 12.7. The minimum absolute atomic E-state index is 0.0831. The average Bonchev–Trinajstić information content (AvgIpc) is 2.83. The lowest BCUT2D eigenvalue weighted by molar-refractivity contribution is -0.138. The van der Waals surface area contributed by atoms with Gasteiger partial charge in [-0.25, -0.2) is 4.79 Å². The van der Waals surface area contributed by atoms with Crippen molar-refractivity contribution in [2.24, 2.45) is 0 Å². The van der Waals surface area contributed by atoms with E-state index in [1.807, 2.05) is 6.07 Å². The van der Waals surface area contributed by atoms with Gasteiger partial charge in [0, 0.05) is 13.6 Å². The number of alkyl halides is 2. The Morgan fingerprint density at radius 3 is 2.56 bits per heavy atom. The molecule has 0 radical (unpaired) electrons. The summed E-state index contributed by atoms with van der Waals surface area (Å²) in [6, 6.07) is 6.46. The van der Waals surface area contributed by atoms with Crippen LogP contribution in [0.1, 0.15) is 18.9 Å². The summed E-state index contributed by atoms with van der Waals surface area (Å²) in [5.41, 5.74) is -1.08. The monoisotopic (exact) mass is 380 g/mol. The second kappa shape index (κ2) is 7.99. The number of benzene rings is 1. The Bertz CT molecular complexity index is 778. The minimum atomic E-state index is -2.97. The molecule has 1 atom stereocenters. The molecule has 2 rings (SSSR count). The fourth-order valence-corrected chi connectivity index (χ4v) is 2.60. The number of amides is 4. The number of likely N-dealkylation sites (N-methyl/N-ethyl adjacent to an activating group) is 1. The third kappa shape index (κ3) is 4.31. The summed E-state index contributed by atoms with van der Waals surface area (Å²) in [7, 11) is 1.47. The molecule has 0 aliphatic carbocycles. The zero-order chi connectivity index (χ0) is 20.2. The molecule has 10 heteroatoms. The van der Waals surface area contributed by atoms with Gasteiger partial charge in [0.15, 0.2) is 0 Å². The molecular formula is C17H18F2N4O4. The van der Waals surface area contributed by atoms with E-state index in [0.29, 0.717) is 5.56 Å². The van der Waals surface area contributed by atoms with Crippen LogP contribution in [0.15, 0.2) is 24.3 Å². The summed E-state index contributed by atoms with van der Waals surface area (Å²) in [6.07, 6.45) is 0.132. The van der Waals surface area contributed by atoms with Crippen molar-refractivity contribution in [3.05, 3.63) is 29.8 Å². The molecule has 1 N–H and O–H groups in total. The number of carbonyl (C=O) groups is 3. The lowest BCUT2D eigenvalue weighted by atomic mass is 9.92. The second-order valence-corrected chi connectivity index (χ2v) is 6.07. The number of hydrogen-bond acceptors (Lipinski definition) is 5. The summed E-state index contributed by atoms with van der Waals surface area (Å²) >= 11 is 0. The van der Waals surface area contributed by atoms with Gasteiger partial charge in [-0.1, -0.05) is 12.1 Å². The van der Waals surface area contributed by atoms with Crippen molar-refractivity contribution in [1.29, 1.82) is 5.26 Å². The Hall–Kier alpha value is -3.22. The summed E-state index contributed by atoms with van der Waals surface area (Å²) in [5.74, 6) is -1.21. The Morgan fingerprint density at radius 1 is 1.37 bits per heavy atom. The smallest absolute Gasteiger partial charge is 0.387 e. The highest BCUT2D eigenvalue weighted by Crippen LogP contribution is 2.30. The van der Waals surface area contributed by atoms with Crippen LogP contribution in [-0.2, 0) is 15.1 Å². The maximum atomic E-state index is 12.7. The molecule has 0 bridgehead atoms. The predicted octanol–water partition coefficient (Wildman–Crippen LogP) is 1.43. The predicted molar refractivity (Wildman–Crippen MR) is 88.5 cm³/mol. The molecule has 0 saturated carbocycles. The van der Waals surface area contributed by atoms with Crippen LogP contribution in [-0.4, -0.2) is 54.4 Å². The number of ether oxygens (including phenoxy) is 1. The van der Waals surface area contributed by atoms with E-state index in [1.54, 1.807) is 0 Å². The van der Waals surface area contributed by atoms with Gasteiger partial charge in [0.25, 0.3) is 5.91 Å². The SMILES string of the molecule is CN(CCC#N)C(=O)CN1C(=O)NC(C)(c2ccc(OC(F)F)cc2)C1=O. The number of nitrogens with zero attached hydrogens (tertiary/aromatic N) is 3. The number of carbonyl (C=O) groups excluding carboxylic acids is 3. The largest absolute Gasteiger partial charge is 0.435 e. The normalized spacial score (nSPS) is 19.0. The molecule has 1 aliphatic heterocycles. The number of urea groups is 1. The van der Waals surface area contributed by atoms with Gasteiger partial charge in [-0.3, -0.25) is 14.5 Å². The fourth-order valence-electron chi connectivity index (χ4n) is 2.60. The highest BCUT2D eigenvalue weighted by atomic mass is 19.3. The van der Waals surface area contributed by atoms with E-state index < -0.39 is 36.5 Å². The van der Waals surface area contributed by atoms with Crippen LogP contribution in [0.2, 0.25) is 0 Å². The van der Waals surface area contributed by atoms with Crippen LogP contribution in [0, 0.1) is 11.3 Å². The van der Waals surface area contributed by atoms with E-state index in [9.17, 15) is 23.2 Å². The number of nitrogens with one attached hydrogen (secondary N) is 1. The van der Waals surface area contributed by atoms with Crippen LogP contribution in [0.25, 0.3) is 0 Å². The van der Waals surface area contributed by atoms with Crippen molar-refractivity contribution < 1.29 is 27.9 Å². The molecule has 1 aliphatic rings. The van der Waals surface area contributed by atoms with Crippen molar-refractivity contribution in [3.8, 4) is 11.8 Å². The summed E-state index contributed by atoms with van der Waals surface area (Å²) < 4.78 is 28.7. The molecule has 1 fully saturated rings. The number of rotatable bonds is 7. The number of imide groups is 1. The third-order valence-corrected chi connectivity index (χ3v) is 4.21. The summed E-state index contributed by atoms with van der Waals surface area (Å²) in [4.78, 5) is 39.1. The van der Waals surface area contributed by atoms with Crippen molar-refractivity contribution in [2.45, 2.75) is 25.5 Å². The zero-order valence-electron chi connectivity index (χ0n) is 14.7. The maximum Gasteiger partial charge on any atom is 0.387 e. The van der Waals surface area contributed by atoms with E-state index in [-0.39, 0.29) is 18.7 Å². The first-order valence-electron chi connectivity index (χ1n) is 7.99.